The van der Waals surface area contributed by atoms with Crippen LogP contribution in [-0.2, 0) is 23.8 Å². The molecule has 1 aromatic rings. The fourth-order valence-corrected chi connectivity index (χ4v) is 1.62. The van der Waals surface area contributed by atoms with Gasteiger partial charge in [0.2, 0.25) is 5.76 Å². The number of nitrogens with zero attached hydrogens (tertiary/aromatic N) is 1. The number of carbonyl (C=O) groups excluding carboxylic acids is 2. The molecule has 1 aromatic carbocycles. The van der Waals surface area contributed by atoms with Gasteiger partial charge in [-0.1, -0.05) is 0 Å². The quantitative estimate of drug-likeness (QED) is 0.842. The van der Waals surface area contributed by atoms with Crippen LogP contribution in [0.2, 0.25) is 0 Å². The third kappa shape index (κ3) is 3.99. The largest absolute Gasteiger partial charge is 0.493 e. The Labute approximate surface area is 127 Å². The van der Waals surface area contributed by atoms with Gasteiger partial charge in [-0.25, -0.2) is 4.79 Å². The molecule has 7 heteroatoms. The summed E-state index contributed by atoms with van der Waals surface area (Å²) < 4.78 is 15.0. The Kier molecular flexibility index (Phi) is 4.98. The number of carbonyl (C=O) groups is 2. The normalized spacial score (nSPS) is 14.5. The molecule has 0 aliphatic carbocycles. The van der Waals surface area contributed by atoms with Gasteiger partial charge in [-0.15, -0.1) is 0 Å². The van der Waals surface area contributed by atoms with E-state index in [1.807, 2.05) is 6.07 Å². The van der Waals surface area contributed by atoms with E-state index in [0.29, 0.717) is 17.9 Å². The van der Waals surface area contributed by atoms with Crippen LogP contribution in [-0.4, -0.2) is 31.2 Å². The van der Waals surface area contributed by atoms with Crippen molar-refractivity contribution in [1.29, 1.82) is 5.26 Å². The molecule has 0 fully saturated rings. The Bertz CT molecular complexity index is 630. The van der Waals surface area contributed by atoms with Crippen LogP contribution in [0.5, 0.6) is 0 Å². The molecule has 2 rings (SSSR count). The van der Waals surface area contributed by atoms with Gasteiger partial charge in [-0.05, 0) is 31.2 Å². The molecule has 0 radical (unpaired) electrons. The lowest BCUT2D eigenvalue weighted by Gasteiger charge is -2.17. The van der Waals surface area contributed by atoms with Crippen LogP contribution in [0.15, 0.2) is 36.3 Å². The highest BCUT2D eigenvalue weighted by Gasteiger charge is 2.23. The van der Waals surface area contributed by atoms with Gasteiger partial charge in [0.05, 0.1) is 11.6 Å². The van der Waals surface area contributed by atoms with Crippen molar-refractivity contribution in [3.05, 3.63) is 41.9 Å². The molecule has 0 unspecified atom stereocenters. The zero-order valence-corrected chi connectivity index (χ0v) is 11.9. The first kappa shape index (κ1) is 15.4. The molecule has 0 saturated carbocycles. The van der Waals surface area contributed by atoms with Crippen molar-refractivity contribution in [2.45, 2.75) is 13.0 Å². The molecular formula is C15H14N2O5. The summed E-state index contributed by atoms with van der Waals surface area (Å²) in [5.74, 6) is -1.32. The Morgan fingerprint density at radius 1 is 1.32 bits per heavy atom. The summed E-state index contributed by atoms with van der Waals surface area (Å²) in [5, 5.41) is 11.3. The maximum absolute atomic E-state index is 11.9. The van der Waals surface area contributed by atoms with E-state index in [0.717, 1.165) is 6.26 Å². The van der Waals surface area contributed by atoms with Crippen molar-refractivity contribution in [2.75, 3.05) is 18.5 Å². The second-order valence-electron chi connectivity index (χ2n) is 4.43. The Morgan fingerprint density at radius 3 is 2.64 bits per heavy atom. The standard InChI is InChI=1S/C15H14N2O5/c1-10(22-15(19)13-9-20-6-7-21-13)14(18)17-12-4-2-11(8-16)3-5-12/h2-5,9-10H,6-7H2,1H3,(H,17,18)/t10-/m0/s1. The minimum atomic E-state index is -1.01. The molecule has 1 amide bonds. The average molecular weight is 302 g/mol. The predicted molar refractivity (Wildman–Crippen MR) is 75.3 cm³/mol. The Hall–Kier alpha value is -3.01. The zero-order chi connectivity index (χ0) is 15.9. The number of amides is 1. The van der Waals surface area contributed by atoms with Crippen LogP contribution in [0.4, 0.5) is 5.69 Å². The van der Waals surface area contributed by atoms with Gasteiger partial charge in [-0.2, -0.15) is 5.26 Å². The Balaban J connectivity index is 1.89. The molecule has 1 heterocycles. The third-order valence-electron chi connectivity index (χ3n) is 2.78. The number of ether oxygens (including phenoxy) is 3. The van der Waals surface area contributed by atoms with E-state index in [2.05, 4.69) is 5.32 Å². The summed E-state index contributed by atoms with van der Waals surface area (Å²) in [6, 6.07) is 8.30. The van der Waals surface area contributed by atoms with Crippen molar-refractivity contribution < 1.29 is 23.8 Å². The highest BCUT2D eigenvalue weighted by molar-refractivity contribution is 5.96. The van der Waals surface area contributed by atoms with Crippen LogP contribution < -0.4 is 5.32 Å². The summed E-state index contributed by atoms with van der Waals surface area (Å²) in [7, 11) is 0. The van der Waals surface area contributed by atoms with Crippen LogP contribution >= 0.6 is 0 Å². The molecular weight excluding hydrogens is 288 g/mol. The molecule has 1 aliphatic rings. The van der Waals surface area contributed by atoms with Gasteiger partial charge in [0.25, 0.3) is 5.91 Å². The molecule has 114 valence electrons. The number of nitriles is 1. The van der Waals surface area contributed by atoms with Gasteiger partial charge in [0.15, 0.2) is 6.10 Å². The third-order valence-corrected chi connectivity index (χ3v) is 2.78. The first-order valence-corrected chi connectivity index (χ1v) is 6.56. The van der Waals surface area contributed by atoms with E-state index in [4.69, 9.17) is 19.5 Å². The van der Waals surface area contributed by atoms with Crippen LogP contribution in [0, 0.1) is 11.3 Å². The number of anilines is 1. The van der Waals surface area contributed by atoms with E-state index >= 15 is 0 Å². The van der Waals surface area contributed by atoms with E-state index in [-0.39, 0.29) is 12.4 Å². The lowest BCUT2D eigenvalue weighted by molar-refractivity contribution is -0.153. The SMILES string of the molecule is C[C@H](OC(=O)C1=COCCO1)C(=O)Nc1ccc(C#N)cc1. The number of hydrogen-bond donors (Lipinski definition) is 1. The summed E-state index contributed by atoms with van der Waals surface area (Å²) in [6.07, 6.45) is 0.159. The molecule has 0 spiro atoms. The van der Waals surface area contributed by atoms with E-state index in [1.165, 1.54) is 6.92 Å². The van der Waals surface area contributed by atoms with Crippen molar-refractivity contribution in [1.82, 2.24) is 0 Å². The van der Waals surface area contributed by atoms with E-state index in [1.54, 1.807) is 24.3 Å². The summed E-state index contributed by atoms with van der Waals surface area (Å²) in [6.45, 7) is 2.07. The van der Waals surface area contributed by atoms with Gasteiger partial charge >= 0.3 is 5.97 Å². The van der Waals surface area contributed by atoms with Gasteiger partial charge in [-0.3, -0.25) is 4.79 Å². The summed E-state index contributed by atoms with van der Waals surface area (Å²) >= 11 is 0. The minimum absolute atomic E-state index is 0.0655. The van der Waals surface area contributed by atoms with Crippen molar-refractivity contribution in [2.24, 2.45) is 0 Å². The molecule has 0 bridgehead atoms. The Morgan fingerprint density at radius 2 is 2.05 bits per heavy atom. The van der Waals surface area contributed by atoms with Crippen molar-refractivity contribution in [3.8, 4) is 6.07 Å². The molecule has 7 nitrogen and oxygen atoms in total. The highest BCUT2D eigenvalue weighted by atomic mass is 16.6. The second kappa shape index (κ2) is 7.13. The highest BCUT2D eigenvalue weighted by Crippen LogP contribution is 2.11. The van der Waals surface area contributed by atoms with Crippen molar-refractivity contribution >= 4 is 17.6 Å². The molecule has 0 saturated heterocycles. The maximum atomic E-state index is 11.9. The van der Waals surface area contributed by atoms with Crippen molar-refractivity contribution in [3.63, 3.8) is 0 Å². The van der Waals surface area contributed by atoms with Gasteiger partial charge in [0, 0.05) is 5.69 Å². The molecule has 1 aliphatic heterocycles. The van der Waals surface area contributed by atoms with Gasteiger partial charge < -0.3 is 19.5 Å². The summed E-state index contributed by atoms with van der Waals surface area (Å²) in [5.41, 5.74) is 0.988. The number of hydrogen-bond acceptors (Lipinski definition) is 6. The molecule has 0 aromatic heterocycles. The topological polar surface area (TPSA) is 97.7 Å². The lowest BCUT2D eigenvalue weighted by Crippen LogP contribution is -2.31. The predicted octanol–water partition coefficient (Wildman–Crippen LogP) is 1.32. The van der Waals surface area contributed by atoms with Crippen LogP contribution in [0.25, 0.3) is 0 Å². The second-order valence-corrected chi connectivity index (χ2v) is 4.43. The minimum Gasteiger partial charge on any atom is -0.493 e. The monoisotopic (exact) mass is 302 g/mol. The van der Waals surface area contributed by atoms with Gasteiger partial charge in [0.1, 0.15) is 19.5 Å². The number of esters is 1. The average Bonchev–Trinajstić information content (AvgIpc) is 2.56. The maximum Gasteiger partial charge on any atom is 0.377 e. The molecule has 22 heavy (non-hydrogen) atoms. The van der Waals surface area contributed by atoms with E-state index in [9.17, 15) is 9.59 Å². The fourth-order valence-electron chi connectivity index (χ4n) is 1.62. The number of benzene rings is 1. The summed E-state index contributed by atoms with van der Waals surface area (Å²) in [4.78, 5) is 23.7. The molecule has 1 N–H and O–H groups in total. The number of nitrogens with one attached hydrogen (secondary N) is 1. The zero-order valence-electron chi connectivity index (χ0n) is 11.9. The smallest absolute Gasteiger partial charge is 0.377 e. The first-order valence-electron chi connectivity index (χ1n) is 6.56. The van der Waals surface area contributed by atoms with Crippen LogP contribution in [0.3, 0.4) is 0 Å². The van der Waals surface area contributed by atoms with Crippen LogP contribution in [0.1, 0.15) is 12.5 Å². The fraction of sp³-hybridized carbons (Fsp3) is 0.267. The lowest BCUT2D eigenvalue weighted by atomic mass is 10.2. The van der Waals surface area contributed by atoms with E-state index < -0.39 is 18.0 Å². The molecule has 1 atom stereocenters. The number of rotatable bonds is 4. The first-order chi connectivity index (χ1) is 10.6.